The molecule has 1 unspecified atom stereocenters. The number of ketones is 3. The topological polar surface area (TPSA) is 107 Å². The van der Waals surface area contributed by atoms with E-state index in [-0.39, 0.29) is 69.7 Å². The molecule has 2 aliphatic rings. The van der Waals surface area contributed by atoms with E-state index < -0.39 is 22.7 Å². The lowest BCUT2D eigenvalue weighted by atomic mass is 9.59. The molecule has 1 atom stereocenters. The number of hydrogen-bond donors (Lipinski definition) is 1. The Morgan fingerprint density at radius 3 is 2.17 bits per heavy atom. The van der Waals surface area contributed by atoms with Crippen LogP contribution in [0, 0.1) is 22.7 Å². The zero-order valence-electron chi connectivity index (χ0n) is 22.1. The molecule has 0 saturated heterocycles. The van der Waals surface area contributed by atoms with Gasteiger partial charge < -0.3 is 14.6 Å². The minimum atomic E-state index is -1.28. The van der Waals surface area contributed by atoms with Crippen molar-refractivity contribution in [2.24, 2.45) is 22.7 Å². The van der Waals surface area contributed by atoms with Crippen molar-refractivity contribution >= 4 is 23.3 Å². The number of carbonyl (C=O) groups excluding carboxylic acids is 4. The molecule has 190 valence electrons. The van der Waals surface area contributed by atoms with Gasteiger partial charge in [-0.25, -0.2) is 0 Å². The minimum Gasteiger partial charge on any atom is -0.507 e. The summed E-state index contributed by atoms with van der Waals surface area (Å²) in [6.07, 6.45) is 0.638. The molecule has 1 aromatic carbocycles. The fourth-order valence-electron chi connectivity index (χ4n) is 5.22. The van der Waals surface area contributed by atoms with Gasteiger partial charge in [0.25, 0.3) is 0 Å². The van der Waals surface area contributed by atoms with Crippen molar-refractivity contribution in [1.82, 2.24) is 0 Å². The molecule has 1 aliphatic carbocycles. The molecule has 7 heteroatoms. The van der Waals surface area contributed by atoms with Crippen LogP contribution in [0.3, 0.4) is 0 Å². The van der Waals surface area contributed by atoms with Gasteiger partial charge in [-0.3, -0.25) is 19.2 Å². The van der Waals surface area contributed by atoms with Gasteiger partial charge in [-0.05, 0) is 52.0 Å². The zero-order chi connectivity index (χ0) is 26.6. The summed E-state index contributed by atoms with van der Waals surface area (Å²) < 4.78 is 11.7. The lowest BCUT2D eigenvalue weighted by Crippen LogP contribution is -2.51. The number of aromatic hydroxyl groups is 1. The van der Waals surface area contributed by atoms with Gasteiger partial charge in [-0.15, -0.1) is 0 Å². The van der Waals surface area contributed by atoms with E-state index in [0.717, 1.165) is 0 Å². The van der Waals surface area contributed by atoms with Crippen LogP contribution in [0.5, 0.6) is 17.2 Å². The van der Waals surface area contributed by atoms with Crippen molar-refractivity contribution in [3.63, 3.8) is 0 Å². The van der Waals surface area contributed by atoms with Gasteiger partial charge in [0, 0.05) is 30.4 Å². The summed E-state index contributed by atoms with van der Waals surface area (Å²) in [5, 5.41) is 11.4. The number of ether oxygens (including phenoxy) is 2. The maximum atomic E-state index is 13.7. The van der Waals surface area contributed by atoms with Gasteiger partial charge in [-0.2, -0.15) is 0 Å². The second-order valence-electron chi connectivity index (χ2n) is 11.6. The molecule has 3 rings (SSSR count). The number of phenolic OH excluding ortho intramolecular Hbond substituents is 1. The highest BCUT2D eigenvalue weighted by Crippen LogP contribution is 2.58. The number of benzene rings is 1. The van der Waals surface area contributed by atoms with Gasteiger partial charge in [0.05, 0.1) is 16.4 Å². The Morgan fingerprint density at radius 1 is 1.06 bits per heavy atom. The summed E-state index contributed by atoms with van der Waals surface area (Å²) in [5.41, 5.74) is -1.81. The predicted octanol–water partition coefficient (Wildman–Crippen LogP) is 5.53. The van der Waals surface area contributed by atoms with Crippen LogP contribution in [0.1, 0.15) is 97.0 Å². The summed E-state index contributed by atoms with van der Waals surface area (Å²) in [6.45, 7) is 15.6. The van der Waals surface area contributed by atoms with Crippen LogP contribution in [0.25, 0.3) is 0 Å². The summed E-state index contributed by atoms with van der Waals surface area (Å²) in [7, 11) is 0. The van der Waals surface area contributed by atoms with Crippen LogP contribution in [0.15, 0.2) is 17.4 Å². The third-order valence-corrected chi connectivity index (χ3v) is 6.77. The van der Waals surface area contributed by atoms with E-state index in [1.807, 2.05) is 27.7 Å². The highest BCUT2D eigenvalue weighted by Gasteiger charge is 2.57. The van der Waals surface area contributed by atoms with Crippen molar-refractivity contribution in [2.45, 2.75) is 81.1 Å². The zero-order valence-corrected chi connectivity index (χ0v) is 22.1. The van der Waals surface area contributed by atoms with Crippen LogP contribution in [0.4, 0.5) is 0 Å². The lowest BCUT2D eigenvalue weighted by molar-refractivity contribution is -0.145. The first-order chi connectivity index (χ1) is 16.0. The average molecular weight is 485 g/mol. The monoisotopic (exact) mass is 484 g/mol. The lowest BCUT2D eigenvalue weighted by Gasteiger charge is -2.45. The van der Waals surface area contributed by atoms with E-state index in [2.05, 4.69) is 0 Å². The largest absolute Gasteiger partial charge is 0.507 e. The van der Waals surface area contributed by atoms with Crippen LogP contribution >= 0.6 is 0 Å². The highest BCUT2D eigenvalue weighted by atomic mass is 16.6. The molecule has 0 amide bonds. The van der Waals surface area contributed by atoms with Gasteiger partial charge >= 0.3 is 5.97 Å². The number of esters is 1. The molecule has 0 spiro atoms. The molecule has 0 fully saturated rings. The van der Waals surface area contributed by atoms with Gasteiger partial charge in [0.1, 0.15) is 11.5 Å². The van der Waals surface area contributed by atoms with Crippen LogP contribution < -0.4 is 9.47 Å². The molecule has 7 nitrogen and oxygen atoms in total. The predicted molar refractivity (Wildman–Crippen MR) is 131 cm³/mol. The van der Waals surface area contributed by atoms with Crippen LogP contribution in [0.2, 0.25) is 0 Å². The fourth-order valence-corrected chi connectivity index (χ4v) is 5.22. The van der Waals surface area contributed by atoms with E-state index in [1.54, 1.807) is 27.7 Å². The van der Waals surface area contributed by atoms with Crippen LogP contribution in [-0.2, 0) is 14.4 Å². The number of rotatable bonds is 6. The molecule has 1 aliphatic heterocycles. The number of allylic oxidation sites excluding steroid dienone is 2. The Kier molecular flexibility index (Phi) is 6.79. The first-order valence-corrected chi connectivity index (χ1v) is 12.1. The molecule has 0 bridgehead atoms. The Balaban J connectivity index is 2.40. The molecule has 35 heavy (non-hydrogen) atoms. The fraction of sp³-hybridized carbons (Fsp3) is 0.571. The number of fused-ring (bicyclic) bond motifs is 1. The number of carbonyl (C=O) groups is 4. The smallest absolute Gasteiger partial charge is 0.308 e. The molecule has 0 radical (unpaired) electrons. The number of hydrogen-bond acceptors (Lipinski definition) is 7. The normalized spacial score (nSPS) is 20.5. The summed E-state index contributed by atoms with van der Waals surface area (Å²) in [4.78, 5) is 52.1. The van der Waals surface area contributed by atoms with Crippen molar-refractivity contribution in [2.75, 3.05) is 0 Å². The maximum absolute atomic E-state index is 13.7. The van der Waals surface area contributed by atoms with Gasteiger partial charge in [-0.1, -0.05) is 27.7 Å². The molecule has 1 heterocycles. The van der Waals surface area contributed by atoms with Crippen molar-refractivity contribution in [3.05, 3.63) is 28.5 Å². The third kappa shape index (κ3) is 4.41. The Labute approximate surface area is 206 Å². The summed E-state index contributed by atoms with van der Waals surface area (Å²) in [6, 6.07) is 1.32. The van der Waals surface area contributed by atoms with E-state index in [0.29, 0.717) is 12.0 Å². The Morgan fingerprint density at radius 2 is 1.66 bits per heavy atom. The van der Waals surface area contributed by atoms with Crippen molar-refractivity contribution in [1.29, 1.82) is 0 Å². The molecule has 1 aromatic rings. The molecular formula is C28H36O7. The van der Waals surface area contributed by atoms with Crippen molar-refractivity contribution in [3.8, 4) is 17.2 Å². The van der Waals surface area contributed by atoms with Gasteiger partial charge in [0.2, 0.25) is 0 Å². The standard InChI is InChI=1S/C28H36O7/c1-13(2)10-17-20-22(31)16(18(30)11-14(3)4)12-19(34-15(5)29)23(20)35-25-21(17)24(32)27(6,7)26(33)28(25,8)9/h12-14,17,31H,10-11H2,1-9H3. The molecular weight excluding hydrogens is 448 g/mol. The highest BCUT2D eigenvalue weighted by molar-refractivity contribution is 6.20. The van der Waals surface area contributed by atoms with Crippen LogP contribution in [-0.4, -0.2) is 28.4 Å². The van der Waals surface area contributed by atoms with E-state index in [9.17, 15) is 24.3 Å². The molecule has 1 N–H and O–H groups in total. The second-order valence-corrected chi connectivity index (χ2v) is 11.6. The maximum Gasteiger partial charge on any atom is 0.308 e. The van der Waals surface area contributed by atoms with Gasteiger partial charge in [0.15, 0.2) is 28.8 Å². The number of Topliss-reactive ketones (excluding diaryl/α,β-unsaturated/α-hetero) is 3. The first-order valence-electron chi connectivity index (χ1n) is 12.1. The van der Waals surface area contributed by atoms with E-state index >= 15 is 0 Å². The Bertz CT molecular complexity index is 1150. The van der Waals surface area contributed by atoms with Crippen molar-refractivity contribution < 1.29 is 33.8 Å². The van der Waals surface area contributed by atoms with E-state index in [4.69, 9.17) is 9.47 Å². The quantitative estimate of drug-likeness (QED) is 0.245. The average Bonchev–Trinajstić information content (AvgIpc) is 2.71. The van der Waals surface area contributed by atoms with E-state index in [1.165, 1.54) is 13.0 Å². The molecule has 0 saturated carbocycles. The Hall–Kier alpha value is -2.96. The summed E-state index contributed by atoms with van der Waals surface area (Å²) >= 11 is 0. The first kappa shape index (κ1) is 26.6. The second kappa shape index (κ2) is 8.92. The number of phenols is 1. The third-order valence-electron chi connectivity index (χ3n) is 6.77. The SMILES string of the molecule is CC(=O)Oc1cc(C(=O)CC(C)C)c(O)c2c1OC1=C(C(=O)C(C)(C)C(=O)C1(C)C)C2CC(C)C. The molecule has 0 aromatic heterocycles. The minimum absolute atomic E-state index is 0.0155. The summed E-state index contributed by atoms with van der Waals surface area (Å²) in [5.74, 6) is -2.09.